The van der Waals surface area contributed by atoms with Crippen LogP contribution in [0.1, 0.15) is 24.0 Å². The first-order chi connectivity index (χ1) is 10.2. The van der Waals surface area contributed by atoms with E-state index in [1.165, 1.54) is 11.1 Å². The van der Waals surface area contributed by atoms with Gasteiger partial charge in [0.15, 0.2) is 11.5 Å². The van der Waals surface area contributed by atoms with Crippen molar-refractivity contribution in [3.63, 3.8) is 0 Å². The summed E-state index contributed by atoms with van der Waals surface area (Å²) in [6, 6.07) is 4.66. The molecule has 1 fully saturated rings. The van der Waals surface area contributed by atoms with Gasteiger partial charge in [0.05, 0.1) is 20.3 Å². The fourth-order valence-corrected chi connectivity index (χ4v) is 4.42. The maximum Gasteiger partial charge on any atom is 0.161 e. The molecule has 1 saturated heterocycles. The van der Waals surface area contributed by atoms with Crippen molar-refractivity contribution in [2.75, 3.05) is 20.8 Å². The summed E-state index contributed by atoms with van der Waals surface area (Å²) in [7, 11) is 3.36. The van der Waals surface area contributed by atoms with Gasteiger partial charge in [0, 0.05) is 24.5 Å². The molecule has 0 radical (unpaired) electrons. The predicted molar refractivity (Wildman–Crippen MR) is 79.8 cm³/mol. The molecule has 0 saturated carbocycles. The van der Waals surface area contributed by atoms with Crippen LogP contribution in [0, 0.1) is 0 Å². The molecule has 1 aromatic rings. The number of benzene rings is 1. The molecule has 4 nitrogen and oxygen atoms in total. The van der Waals surface area contributed by atoms with Crippen molar-refractivity contribution in [1.82, 2.24) is 4.90 Å². The van der Waals surface area contributed by atoms with Crippen LogP contribution in [0.5, 0.6) is 11.5 Å². The van der Waals surface area contributed by atoms with Gasteiger partial charge < -0.3 is 14.6 Å². The molecule has 2 bridgehead atoms. The fraction of sp³-hybridized carbons (Fsp3) is 0.529. The number of methoxy groups -OCH3 is 2. The molecule has 112 valence electrons. The Morgan fingerprint density at radius 3 is 2.76 bits per heavy atom. The van der Waals surface area contributed by atoms with E-state index in [0.717, 1.165) is 37.4 Å². The first-order valence-corrected chi connectivity index (χ1v) is 7.55. The van der Waals surface area contributed by atoms with Gasteiger partial charge in [0.25, 0.3) is 0 Å². The summed E-state index contributed by atoms with van der Waals surface area (Å²) in [6.45, 7) is 2.02. The molecule has 2 heterocycles. The Morgan fingerprint density at radius 1 is 1.24 bits per heavy atom. The number of hydrogen-bond acceptors (Lipinski definition) is 4. The number of hydrogen-bond donors (Lipinski definition) is 1. The normalized spacial score (nSPS) is 36.0. The summed E-state index contributed by atoms with van der Waals surface area (Å²) in [5, 5.41) is 9.98. The highest BCUT2D eigenvalue weighted by atomic mass is 16.5. The maximum absolute atomic E-state index is 9.98. The summed E-state index contributed by atoms with van der Waals surface area (Å²) in [5.74, 6) is 1.59. The highest BCUT2D eigenvalue weighted by Crippen LogP contribution is 2.52. The van der Waals surface area contributed by atoms with Crippen molar-refractivity contribution in [2.24, 2.45) is 0 Å². The summed E-state index contributed by atoms with van der Waals surface area (Å²) in [4.78, 5) is 2.50. The molecular formula is C17H21NO3. The van der Waals surface area contributed by atoms with E-state index in [1.54, 1.807) is 14.2 Å². The largest absolute Gasteiger partial charge is 0.493 e. The van der Waals surface area contributed by atoms with Crippen LogP contribution in [0.25, 0.3) is 0 Å². The van der Waals surface area contributed by atoms with Crippen LogP contribution in [-0.2, 0) is 12.0 Å². The smallest absolute Gasteiger partial charge is 0.161 e. The molecule has 4 heteroatoms. The van der Waals surface area contributed by atoms with E-state index in [2.05, 4.69) is 23.1 Å². The Kier molecular flexibility index (Phi) is 2.81. The molecule has 4 atom stereocenters. The quantitative estimate of drug-likeness (QED) is 0.843. The molecule has 2 aliphatic heterocycles. The zero-order valence-electron chi connectivity index (χ0n) is 12.5. The van der Waals surface area contributed by atoms with Gasteiger partial charge in [-0.25, -0.2) is 0 Å². The topological polar surface area (TPSA) is 41.9 Å². The number of aliphatic hydroxyl groups is 1. The SMILES string of the molecule is COc1cc2c(cc1OC)[C@]13C=CC(O)C[C@H]1N(CC3)C2. The first kappa shape index (κ1) is 13.2. The zero-order valence-corrected chi connectivity index (χ0v) is 12.5. The maximum atomic E-state index is 9.98. The average Bonchev–Trinajstić information content (AvgIpc) is 2.78. The van der Waals surface area contributed by atoms with E-state index in [-0.39, 0.29) is 11.5 Å². The van der Waals surface area contributed by atoms with E-state index in [9.17, 15) is 5.11 Å². The zero-order chi connectivity index (χ0) is 14.6. The number of fused-ring (bicyclic) bond motifs is 1. The van der Waals surface area contributed by atoms with Crippen LogP contribution in [0.3, 0.4) is 0 Å². The summed E-state index contributed by atoms with van der Waals surface area (Å²) >= 11 is 0. The predicted octanol–water partition coefficient (Wildman–Crippen LogP) is 1.85. The fourth-order valence-electron chi connectivity index (χ4n) is 4.42. The van der Waals surface area contributed by atoms with Gasteiger partial charge in [-0.2, -0.15) is 0 Å². The van der Waals surface area contributed by atoms with E-state index in [1.807, 2.05) is 6.08 Å². The third-order valence-corrected chi connectivity index (χ3v) is 5.41. The lowest BCUT2D eigenvalue weighted by molar-refractivity contribution is 0.110. The average molecular weight is 287 g/mol. The number of aliphatic hydroxyl groups excluding tert-OH is 1. The number of rotatable bonds is 2. The Balaban J connectivity index is 1.91. The van der Waals surface area contributed by atoms with Gasteiger partial charge in [-0.15, -0.1) is 0 Å². The van der Waals surface area contributed by atoms with Crippen LogP contribution >= 0.6 is 0 Å². The molecule has 2 unspecified atom stereocenters. The monoisotopic (exact) mass is 287 g/mol. The molecule has 1 aliphatic carbocycles. The second-order valence-corrected chi connectivity index (χ2v) is 6.30. The minimum absolute atomic E-state index is 0.0341. The van der Waals surface area contributed by atoms with E-state index in [4.69, 9.17) is 9.47 Å². The third kappa shape index (κ3) is 1.69. The Hall–Kier alpha value is -1.52. The molecule has 0 spiro atoms. The van der Waals surface area contributed by atoms with Crippen LogP contribution in [0.4, 0.5) is 0 Å². The lowest BCUT2D eigenvalue weighted by atomic mass is 9.66. The molecule has 0 aromatic heterocycles. The molecule has 3 aliphatic rings. The van der Waals surface area contributed by atoms with Gasteiger partial charge in [-0.05, 0) is 36.1 Å². The van der Waals surface area contributed by atoms with Gasteiger partial charge in [0.1, 0.15) is 0 Å². The van der Waals surface area contributed by atoms with Crippen LogP contribution < -0.4 is 9.47 Å². The van der Waals surface area contributed by atoms with Gasteiger partial charge >= 0.3 is 0 Å². The molecule has 1 aromatic carbocycles. The van der Waals surface area contributed by atoms with Gasteiger partial charge in [0.2, 0.25) is 0 Å². The third-order valence-electron chi connectivity index (χ3n) is 5.41. The van der Waals surface area contributed by atoms with Crippen molar-refractivity contribution >= 4 is 0 Å². The molecule has 21 heavy (non-hydrogen) atoms. The van der Waals surface area contributed by atoms with Crippen molar-refractivity contribution in [1.29, 1.82) is 0 Å². The molecule has 4 rings (SSSR count). The van der Waals surface area contributed by atoms with Crippen LogP contribution in [0.2, 0.25) is 0 Å². The van der Waals surface area contributed by atoms with E-state index in [0.29, 0.717) is 6.04 Å². The molecule has 1 N–H and O–H groups in total. The second kappa shape index (κ2) is 4.49. The first-order valence-electron chi connectivity index (χ1n) is 7.55. The minimum atomic E-state index is -0.314. The standard InChI is InChI=1S/C17H21NO3/c1-20-14-7-11-10-18-6-5-17(13(11)9-15(14)21-2)4-3-12(19)8-16(17)18/h3-4,7,9,12,16,19H,5-6,8,10H2,1-2H3/t12?,16-,17-/m1/s1. The van der Waals surface area contributed by atoms with Gasteiger partial charge in [-0.1, -0.05) is 12.2 Å². The van der Waals surface area contributed by atoms with Crippen LogP contribution in [0.15, 0.2) is 24.3 Å². The Morgan fingerprint density at radius 2 is 2.00 bits per heavy atom. The number of nitrogens with zero attached hydrogens (tertiary/aromatic N) is 1. The van der Waals surface area contributed by atoms with Crippen molar-refractivity contribution < 1.29 is 14.6 Å². The second-order valence-electron chi connectivity index (χ2n) is 6.30. The summed E-state index contributed by atoms with van der Waals surface area (Å²) in [5.41, 5.74) is 2.70. The summed E-state index contributed by atoms with van der Waals surface area (Å²) in [6.07, 6.45) is 5.82. The van der Waals surface area contributed by atoms with Crippen molar-refractivity contribution in [2.45, 2.75) is 36.9 Å². The lowest BCUT2D eigenvalue weighted by Gasteiger charge is -2.45. The van der Waals surface area contributed by atoms with Crippen molar-refractivity contribution in [3.8, 4) is 11.5 Å². The molecule has 0 amide bonds. The lowest BCUT2D eigenvalue weighted by Crippen LogP contribution is -2.49. The van der Waals surface area contributed by atoms with E-state index < -0.39 is 0 Å². The summed E-state index contributed by atoms with van der Waals surface area (Å²) < 4.78 is 10.9. The number of ether oxygens (including phenoxy) is 2. The highest BCUT2D eigenvalue weighted by Gasteiger charge is 2.52. The van der Waals surface area contributed by atoms with E-state index >= 15 is 0 Å². The Bertz CT molecular complexity index is 612. The highest BCUT2D eigenvalue weighted by molar-refractivity contribution is 5.55. The van der Waals surface area contributed by atoms with Crippen molar-refractivity contribution in [3.05, 3.63) is 35.4 Å². The Labute approximate surface area is 125 Å². The molecular weight excluding hydrogens is 266 g/mol. The van der Waals surface area contributed by atoms with Gasteiger partial charge in [-0.3, -0.25) is 4.90 Å². The van der Waals surface area contributed by atoms with Crippen LogP contribution in [-0.4, -0.2) is 42.9 Å². The minimum Gasteiger partial charge on any atom is -0.493 e.